The van der Waals surface area contributed by atoms with Gasteiger partial charge in [-0.1, -0.05) is 182 Å². The van der Waals surface area contributed by atoms with Gasteiger partial charge in [-0.2, -0.15) is 0 Å². The van der Waals surface area contributed by atoms with Crippen molar-refractivity contribution in [3.05, 3.63) is 224 Å². The minimum Gasteiger partial charge on any atom is -0.309 e. The van der Waals surface area contributed by atoms with Crippen molar-refractivity contribution < 1.29 is 0 Å². The first kappa shape index (κ1) is 35.5. The molecule has 0 atom stereocenters. The molecular formula is C57H37N5. The molecule has 62 heavy (non-hydrogen) atoms. The molecule has 0 fully saturated rings. The Hall–Kier alpha value is -8.41. The average Bonchev–Trinajstić information content (AvgIpc) is 3.87. The van der Waals surface area contributed by atoms with Gasteiger partial charge in [0.15, 0.2) is 17.5 Å². The first-order chi connectivity index (χ1) is 30.8. The molecule has 12 rings (SSSR count). The minimum absolute atomic E-state index is 0.601. The van der Waals surface area contributed by atoms with E-state index in [2.05, 4.69) is 209 Å². The Labute approximate surface area is 358 Å². The molecule has 3 aromatic heterocycles. The van der Waals surface area contributed by atoms with Gasteiger partial charge in [0.2, 0.25) is 0 Å². The van der Waals surface area contributed by atoms with E-state index in [1.54, 1.807) is 0 Å². The van der Waals surface area contributed by atoms with Crippen molar-refractivity contribution >= 4 is 43.6 Å². The normalized spacial score (nSPS) is 11.5. The van der Waals surface area contributed by atoms with E-state index in [0.29, 0.717) is 17.5 Å². The van der Waals surface area contributed by atoms with Gasteiger partial charge in [-0.05, 0) is 64.7 Å². The van der Waals surface area contributed by atoms with Crippen molar-refractivity contribution in [2.75, 3.05) is 0 Å². The predicted molar refractivity (Wildman–Crippen MR) is 256 cm³/mol. The Morgan fingerprint density at radius 1 is 0.242 bits per heavy atom. The minimum atomic E-state index is 0.601. The van der Waals surface area contributed by atoms with E-state index in [1.807, 2.05) is 24.3 Å². The Morgan fingerprint density at radius 3 is 1.21 bits per heavy atom. The van der Waals surface area contributed by atoms with Crippen LogP contribution in [0.4, 0.5) is 0 Å². The van der Waals surface area contributed by atoms with Crippen LogP contribution in [0, 0.1) is 0 Å². The maximum Gasteiger partial charge on any atom is 0.164 e. The molecule has 0 unspecified atom stereocenters. The van der Waals surface area contributed by atoms with Crippen LogP contribution in [-0.4, -0.2) is 24.1 Å². The first-order valence-corrected chi connectivity index (χ1v) is 21.0. The van der Waals surface area contributed by atoms with Crippen LogP contribution in [0.3, 0.4) is 0 Å². The number of benzene rings is 9. The summed E-state index contributed by atoms with van der Waals surface area (Å²) < 4.78 is 4.78. The number of fused-ring (bicyclic) bond motifs is 6. The summed E-state index contributed by atoms with van der Waals surface area (Å²) in [6.45, 7) is 0. The van der Waals surface area contributed by atoms with Crippen LogP contribution in [-0.2, 0) is 0 Å². The second-order valence-corrected chi connectivity index (χ2v) is 15.6. The van der Waals surface area contributed by atoms with Crippen molar-refractivity contribution in [3.8, 4) is 67.8 Å². The molecule has 0 aliphatic carbocycles. The zero-order valence-electron chi connectivity index (χ0n) is 33.6. The summed E-state index contributed by atoms with van der Waals surface area (Å²) in [7, 11) is 0. The number of rotatable bonds is 7. The molecule has 9 aromatic carbocycles. The maximum atomic E-state index is 5.39. The third kappa shape index (κ3) is 5.90. The molecule has 3 heterocycles. The van der Waals surface area contributed by atoms with E-state index >= 15 is 0 Å². The Bertz CT molecular complexity index is 3570. The summed E-state index contributed by atoms with van der Waals surface area (Å²) >= 11 is 0. The van der Waals surface area contributed by atoms with Crippen molar-refractivity contribution in [2.45, 2.75) is 0 Å². The highest BCUT2D eigenvalue weighted by atomic mass is 15.0. The standard InChI is InChI=1S/C57H37N5/c1-4-18-38(19-5-1)43-24-10-11-28-49(43)56-58-55(40-22-8-3-9-23-40)59-57(60-56)50-36-41(32-34-44(50)39-20-6-2-7-21-39)62-53-31-17-14-27-47(53)48-35-33-42(37-54(48)62)61-51-29-15-12-25-45(51)46-26-13-16-30-52(46)61/h1-37H. The molecule has 5 nitrogen and oxygen atoms in total. The highest BCUT2D eigenvalue weighted by Crippen LogP contribution is 2.40. The molecule has 0 N–H and O–H groups in total. The second kappa shape index (κ2) is 14.7. The van der Waals surface area contributed by atoms with Gasteiger partial charge in [-0.3, -0.25) is 0 Å². The topological polar surface area (TPSA) is 48.5 Å². The summed E-state index contributed by atoms with van der Waals surface area (Å²) in [5.74, 6) is 1.83. The van der Waals surface area contributed by atoms with Crippen LogP contribution in [0.15, 0.2) is 224 Å². The van der Waals surface area contributed by atoms with Crippen LogP contribution >= 0.6 is 0 Å². The molecule has 290 valence electrons. The zero-order valence-corrected chi connectivity index (χ0v) is 33.6. The molecule has 0 saturated carbocycles. The van der Waals surface area contributed by atoms with Gasteiger partial charge in [-0.25, -0.2) is 15.0 Å². The van der Waals surface area contributed by atoms with E-state index in [4.69, 9.17) is 15.0 Å². The van der Waals surface area contributed by atoms with Gasteiger partial charge < -0.3 is 9.13 Å². The molecule has 0 aliphatic rings. The van der Waals surface area contributed by atoms with Crippen LogP contribution in [0.5, 0.6) is 0 Å². The van der Waals surface area contributed by atoms with E-state index in [9.17, 15) is 0 Å². The lowest BCUT2D eigenvalue weighted by atomic mass is 9.97. The fourth-order valence-electron chi connectivity index (χ4n) is 9.18. The van der Waals surface area contributed by atoms with E-state index in [1.165, 1.54) is 32.6 Å². The van der Waals surface area contributed by atoms with E-state index in [0.717, 1.165) is 61.4 Å². The molecule has 5 heteroatoms. The Kier molecular flexibility index (Phi) is 8.42. The molecule has 0 spiro atoms. The van der Waals surface area contributed by atoms with Gasteiger partial charge in [-0.15, -0.1) is 0 Å². The SMILES string of the molecule is c1ccc(-c2nc(-c3ccccc3-c3ccccc3)nc(-c3cc(-n4c5ccccc5c5ccc(-n6c7ccccc7c7ccccc76)cc54)ccc3-c3ccccc3)n2)cc1. The smallest absolute Gasteiger partial charge is 0.164 e. The Morgan fingerprint density at radius 2 is 0.629 bits per heavy atom. The lowest BCUT2D eigenvalue weighted by Gasteiger charge is -2.16. The van der Waals surface area contributed by atoms with Gasteiger partial charge >= 0.3 is 0 Å². The van der Waals surface area contributed by atoms with Crippen LogP contribution in [0.2, 0.25) is 0 Å². The van der Waals surface area contributed by atoms with Gasteiger partial charge in [0, 0.05) is 49.6 Å². The maximum absolute atomic E-state index is 5.39. The van der Waals surface area contributed by atoms with Crippen molar-refractivity contribution in [2.24, 2.45) is 0 Å². The fourth-order valence-corrected chi connectivity index (χ4v) is 9.18. The van der Waals surface area contributed by atoms with Crippen LogP contribution < -0.4 is 0 Å². The summed E-state index contributed by atoms with van der Waals surface area (Å²) in [6, 6.07) is 79.2. The van der Waals surface area contributed by atoms with Crippen molar-refractivity contribution in [1.82, 2.24) is 24.1 Å². The van der Waals surface area contributed by atoms with Crippen LogP contribution in [0.25, 0.3) is 111 Å². The molecule has 0 saturated heterocycles. The molecule has 0 radical (unpaired) electrons. The number of para-hydroxylation sites is 3. The molecule has 0 aliphatic heterocycles. The third-order valence-corrected chi connectivity index (χ3v) is 12.0. The second-order valence-electron chi connectivity index (χ2n) is 15.6. The van der Waals surface area contributed by atoms with E-state index < -0.39 is 0 Å². The monoisotopic (exact) mass is 791 g/mol. The zero-order chi connectivity index (χ0) is 41.0. The fraction of sp³-hybridized carbons (Fsp3) is 0. The lowest BCUT2D eigenvalue weighted by molar-refractivity contribution is 1.07. The molecule has 12 aromatic rings. The lowest BCUT2D eigenvalue weighted by Crippen LogP contribution is -2.03. The highest BCUT2D eigenvalue weighted by molar-refractivity contribution is 6.12. The summed E-state index contributed by atoms with van der Waals surface area (Å²) in [5.41, 5.74) is 13.8. The largest absolute Gasteiger partial charge is 0.309 e. The molecular weight excluding hydrogens is 755 g/mol. The highest BCUT2D eigenvalue weighted by Gasteiger charge is 2.21. The third-order valence-electron chi connectivity index (χ3n) is 12.0. The average molecular weight is 792 g/mol. The predicted octanol–water partition coefficient (Wildman–Crippen LogP) is 14.4. The Balaban J connectivity index is 1.12. The molecule has 0 bridgehead atoms. The van der Waals surface area contributed by atoms with Gasteiger partial charge in [0.1, 0.15) is 0 Å². The number of nitrogens with zero attached hydrogens (tertiary/aromatic N) is 5. The van der Waals surface area contributed by atoms with Crippen molar-refractivity contribution in [1.29, 1.82) is 0 Å². The first-order valence-electron chi connectivity index (χ1n) is 21.0. The van der Waals surface area contributed by atoms with Crippen molar-refractivity contribution in [3.63, 3.8) is 0 Å². The van der Waals surface area contributed by atoms with E-state index in [-0.39, 0.29) is 0 Å². The quantitative estimate of drug-likeness (QED) is 0.162. The van der Waals surface area contributed by atoms with Gasteiger partial charge in [0.05, 0.1) is 22.1 Å². The number of aromatic nitrogens is 5. The summed E-state index contributed by atoms with van der Waals surface area (Å²) in [4.78, 5) is 15.9. The summed E-state index contributed by atoms with van der Waals surface area (Å²) in [5, 5.41) is 4.85. The van der Waals surface area contributed by atoms with Gasteiger partial charge in [0.25, 0.3) is 0 Å². The number of hydrogen-bond donors (Lipinski definition) is 0. The number of hydrogen-bond acceptors (Lipinski definition) is 3. The molecule has 0 amide bonds. The van der Waals surface area contributed by atoms with Crippen LogP contribution in [0.1, 0.15) is 0 Å². The summed E-state index contributed by atoms with van der Waals surface area (Å²) in [6.07, 6.45) is 0.